The molecule has 0 unspecified atom stereocenters. The minimum atomic E-state index is 0.582. The molecule has 2 aromatic rings. The van der Waals surface area contributed by atoms with E-state index in [-0.39, 0.29) is 0 Å². The topological polar surface area (TPSA) is 63.8 Å². The van der Waals surface area contributed by atoms with E-state index in [9.17, 15) is 0 Å². The Bertz CT molecular complexity index is 524. The van der Waals surface area contributed by atoms with Gasteiger partial charge in [0.15, 0.2) is 0 Å². The molecule has 3 N–H and O–H groups in total. The second-order valence-corrected chi connectivity index (χ2v) is 5.98. The lowest BCUT2D eigenvalue weighted by atomic mass is 10.1. The molecule has 5 heteroatoms. The van der Waals surface area contributed by atoms with Crippen LogP contribution >= 0.6 is 11.5 Å². The molecule has 0 atom stereocenters. The normalized spacial score (nSPS) is 10.7. The monoisotopic (exact) mass is 304 g/mol. The van der Waals surface area contributed by atoms with Crippen molar-refractivity contribution in [2.75, 3.05) is 17.6 Å². The van der Waals surface area contributed by atoms with Crippen molar-refractivity contribution in [1.82, 2.24) is 9.36 Å². The van der Waals surface area contributed by atoms with Crippen LogP contribution in [0.25, 0.3) is 11.1 Å². The third kappa shape index (κ3) is 4.70. The number of nitrogens with zero attached hydrogens (tertiary/aromatic N) is 2. The Morgan fingerprint density at radius 1 is 1.19 bits per heavy atom. The molecule has 0 spiro atoms. The van der Waals surface area contributed by atoms with Crippen molar-refractivity contribution in [3.05, 3.63) is 24.5 Å². The van der Waals surface area contributed by atoms with Crippen molar-refractivity contribution >= 4 is 22.4 Å². The summed E-state index contributed by atoms with van der Waals surface area (Å²) in [5.74, 6) is 0.582. The Balaban J connectivity index is 1.84. The molecule has 2 heterocycles. The van der Waals surface area contributed by atoms with E-state index in [1.165, 1.54) is 50.1 Å². The van der Waals surface area contributed by atoms with Gasteiger partial charge in [-0.05, 0) is 24.0 Å². The standard InChI is InChI=1S/C16H24N4S/c1-2-3-4-5-6-7-11-19-16-14(15(17)20-21-16)13-9-8-10-18-12-13/h8-10,12,19H,2-7,11H2,1H3,(H2,17,20). The molecule has 0 aliphatic rings. The number of anilines is 2. The average molecular weight is 304 g/mol. The highest BCUT2D eigenvalue weighted by molar-refractivity contribution is 7.11. The molecule has 2 rings (SSSR count). The largest absolute Gasteiger partial charge is 0.382 e. The summed E-state index contributed by atoms with van der Waals surface area (Å²) in [7, 11) is 0. The molecular formula is C16H24N4S. The first-order valence-electron chi connectivity index (χ1n) is 7.72. The molecular weight excluding hydrogens is 280 g/mol. The number of unbranched alkanes of at least 4 members (excludes halogenated alkanes) is 5. The molecule has 4 nitrogen and oxygen atoms in total. The van der Waals surface area contributed by atoms with Gasteiger partial charge in [0, 0.05) is 24.5 Å². The fraction of sp³-hybridized carbons (Fsp3) is 0.500. The summed E-state index contributed by atoms with van der Waals surface area (Å²) < 4.78 is 4.26. The third-order valence-electron chi connectivity index (χ3n) is 3.48. The lowest BCUT2D eigenvalue weighted by molar-refractivity contribution is 0.617. The van der Waals surface area contributed by atoms with Crippen LogP contribution in [0.4, 0.5) is 10.8 Å². The van der Waals surface area contributed by atoms with Crippen molar-refractivity contribution in [2.45, 2.75) is 45.4 Å². The van der Waals surface area contributed by atoms with E-state index in [1.807, 2.05) is 18.3 Å². The predicted octanol–water partition coefficient (Wildman–Crippen LogP) is 4.56. The number of nitrogens with one attached hydrogen (secondary N) is 1. The number of pyridine rings is 1. The molecule has 0 saturated carbocycles. The van der Waals surface area contributed by atoms with E-state index in [2.05, 4.69) is 21.6 Å². The van der Waals surface area contributed by atoms with Crippen LogP contribution in [0.3, 0.4) is 0 Å². The van der Waals surface area contributed by atoms with E-state index in [1.54, 1.807) is 6.20 Å². The van der Waals surface area contributed by atoms with Gasteiger partial charge in [-0.3, -0.25) is 4.98 Å². The van der Waals surface area contributed by atoms with Crippen LogP contribution in [-0.2, 0) is 0 Å². The maximum atomic E-state index is 5.99. The first-order chi connectivity index (χ1) is 10.3. The third-order valence-corrected chi connectivity index (χ3v) is 4.30. The van der Waals surface area contributed by atoms with Gasteiger partial charge in [0.2, 0.25) is 0 Å². The fourth-order valence-corrected chi connectivity index (χ4v) is 3.08. The minimum Gasteiger partial charge on any atom is -0.382 e. The molecule has 0 bridgehead atoms. The zero-order valence-corrected chi connectivity index (χ0v) is 13.5. The maximum absolute atomic E-state index is 5.99. The zero-order chi connectivity index (χ0) is 14.9. The second kappa shape index (κ2) is 8.62. The SMILES string of the molecule is CCCCCCCCNc1snc(N)c1-c1cccnc1. The lowest BCUT2D eigenvalue weighted by Crippen LogP contribution is -2.01. The molecule has 2 aromatic heterocycles. The molecule has 0 saturated heterocycles. The average Bonchev–Trinajstić information content (AvgIpc) is 2.88. The molecule has 0 radical (unpaired) electrons. The smallest absolute Gasteiger partial charge is 0.147 e. The van der Waals surface area contributed by atoms with Gasteiger partial charge in [-0.25, -0.2) is 0 Å². The summed E-state index contributed by atoms with van der Waals surface area (Å²) in [6.45, 7) is 3.22. The Morgan fingerprint density at radius 3 is 2.76 bits per heavy atom. The van der Waals surface area contributed by atoms with Gasteiger partial charge in [-0.2, -0.15) is 4.37 Å². The van der Waals surface area contributed by atoms with Crippen LogP contribution in [0.2, 0.25) is 0 Å². The van der Waals surface area contributed by atoms with Crippen LogP contribution in [0, 0.1) is 0 Å². The summed E-state index contributed by atoms with van der Waals surface area (Å²) >= 11 is 1.43. The lowest BCUT2D eigenvalue weighted by Gasteiger charge is -2.07. The van der Waals surface area contributed by atoms with Gasteiger partial charge < -0.3 is 11.1 Å². The van der Waals surface area contributed by atoms with E-state index in [0.717, 1.165) is 22.7 Å². The summed E-state index contributed by atoms with van der Waals surface area (Å²) in [5, 5.41) is 4.52. The highest BCUT2D eigenvalue weighted by atomic mass is 32.1. The van der Waals surface area contributed by atoms with Crippen LogP contribution in [0.1, 0.15) is 45.4 Å². The number of nitrogens with two attached hydrogens (primary N) is 1. The van der Waals surface area contributed by atoms with Gasteiger partial charge >= 0.3 is 0 Å². The number of hydrogen-bond donors (Lipinski definition) is 2. The van der Waals surface area contributed by atoms with Gasteiger partial charge in [0.25, 0.3) is 0 Å². The number of rotatable bonds is 9. The fourth-order valence-electron chi connectivity index (χ4n) is 2.32. The Labute approximate surface area is 131 Å². The number of nitrogen functional groups attached to an aromatic ring is 1. The Kier molecular flexibility index (Phi) is 6.47. The molecule has 0 fully saturated rings. The molecule has 0 aliphatic heterocycles. The van der Waals surface area contributed by atoms with Gasteiger partial charge in [-0.1, -0.05) is 45.1 Å². The van der Waals surface area contributed by atoms with Crippen LogP contribution in [-0.4, -0.2) is 15.9 Å². The molecule has 0 aliphatic carbocycles. The van der Waals surface area contributed by atoms with Crippen LogP contribution in [0.5, 0.6) is 0 Å². The van der Waals surface area contributed by atoms with Crippen molar-refractivity contribution in [1.29, 1.82) is 0 Å². The number of aromatic nitrogens is 2. The first kappa shape index (κ1) is 15.8. The summed E-state index contributed by atoms with van der Waals surface area (Å²) in [5.41, 5.74) is 8.00. The van der Waals surface area contributed by atoms with Crippen LogP contribution in [0.15, 0.2) is 24.5 Å². The predicted molar refractivity (Wildman–Crippen MR) is 91.6 cm³/mol. The van der Waals surface area contributed by atoms with Crippen molar-refractivity contribution in [3.8, 4) is 11.1 Å². The van der Waals surface area contributed by atoms with Gasteiger partial charge in [0.05, 0.1) is 5.56 Å². The van der Waals surface area contributed by atoms with Crippen molar-refractivity contribution in [2.24, 2.45) is 0 Å². The summed E-state index contributed by atoms with van der Waals surface area (Å²) in [6, 6.07) is 3.94. The summed E-state index contributed by atoms with van der Waals surface area (Å²) in [4.78, 5) is 4.15. The first-order valence-corrected chi connectivity index (χ1v) is 8.49. The second-order valence-electron chi connectivity index (χ2n) is 5.21. The van der Waals surface area contributed by atoms with Crippen LogP contribution < -0.4 is 11.1 Å². The van der Waals surface area contributed by atoms with Crippen molar-refractivity contribution in [3.63, 3.8) is 0 Å². The highest BCUT2D eigenvalue weighted by Gasteiger charge is 2.13. The number of hydrogen-bond acceptors (Lipinski definition) is 5. The van der Waals surface area contributed by atoms with E-state index >= 15 is 0 Å². The molecule has 0 aromatic carbocycles. The van der Waals surface area contributed by atoms with Crippen molar-refractivity contribution < 1.29 is 0 Å². The molecule has 21 heavy (non-hydrogen) atoms. The minimum absolute atomic E-state index is 0.582. The van der Waals surface area contributed by atoms with E-state index in [4.69, 9.17) is 5.73 Å². The quantitative estimate of drug-likeness (QED) is 0.667. The Morgan fingerprint density at radius 2 is 2.00 bits per heavy atom. The molecule has 0 amide bonds. The molecule has 114 valence electrons. The maximum Gasteiger partial charge on any atom is 0.147 e. The highest BCUT2D eigenvalue weighted by Crippen LogP contribution is 2.36. The van der Waals surface area contributed by atoms with Gasteiger partial charge in [-0.15, -0.1) is 0 Å². The Hall–Kier alpha value is -1.62. The van der Waals surface area contributed by atoms with Gasteiger partial charge in [0.1, 0.15) is 10.8 Å². The van der Waals surface area contributed by atoms with E-state index in [0.29, 0.717) is 5.82 Å². The summed E-state index contributed by atoms with van der Waals surface area (Å²) in [6.07, 6.45) is 11.4. The zero-order valence-electron chi connectivity index (χ0n) is 12.6. The van der Waals surface area contributed by atoms with E-state index < -0.39 is 0 Å².